The number of benzene rings is 2. The molecule has 0 saturated heterocycles. The highest BCUT2D eigenvalue weighted by Gasteiger charge is 2.14. The van der Waals surface area contributed by atoms with Crippen LogP contribution in [0.4, 0.5) is 11.4 Å². The Bertz CT molecular complexity index is 836. The van der Waals surface area contributed by atoms with Gasteiger partial charge in [-0.25, -0.2) is 4.79 Å². The van der Waals surface area contributed by atoms with Crippen LogP contribution in [-0.2, 0) is 0 Å². The lowest BCUT2D eigenvalue weighted by molar-refractivity contribution is 0.0696. The van der Waals surface area contributed by atoms with Crippen molar-refractivity contribution in [2.75, 3.05) is 39.7 Å². The fourth-order valence-corrected chi connectivity index (χ4v) is 2.36. The Kier molecular flexibility index (Phi) is 6.62. The number of aromatic carboxylic acids is 1. The third-order valence-corrected chi connectivity index (χ3v) is 3.77. The maximum absolute atomic E-state index is 11.7. The van der Waals surface area contributed by atoms with Crippen LogP contribution in [0.25, 0.3) is 0 Å². The quantitative estimate of drug-likeness (QED) is 0.617. The fraction of sp³-hybridized carbons (Fsp3) is 0.263. The topological polar surface area (TPSA) is 114 Å². The van der Waals surface area contributed by atoms with Crippen molar-refractivity contribution in [2.24, 2.45) is 5.73 Å². The van der Waals surface area contributed by atoms with E-state index in [9.17, 15) is 14.7 Å². The molecule has 2 rings (SSSR count). The molecular weight excluding hydrogens is 350 g/mol. The molecule has 0 saturated carbocycles. The van der Waals surface area contributed by atoms with Crippen LogP contribution < -0.4 is 20.5 Å². The van der Waals surface area contributed by atoms with Gasteiger partial charge >= 0.3 is 5.97 Å². The first-order valence-corrected chi connectivity index (χ1v) is 8.21. The van der Waals surface area contributed by atoms with Crippen molar-refractivity contribution in [3.63, 3.8) is 0 Å². The molecule has 0 bridgehead atoms. The predicted octanol–water partition coefficient (Wildman–Crippen LogP) is 2.18. The number of anilines is 2. The van der Waals surface area contributed by atoms with E-state index in [-0.39, 0.29) is 11.1 Å². The lowest BCUT2D eigenvalue weighted by Gasteiger charge is -2.16. The van der Waals surface area contributed by atoms with Gasteiger partial charge in [-0.15, -0.1) is 0 Å². The first-order valence-electron chi connectivity index (χ1n) is 8.21. The summed E-state index contributed by atoms with van der Waals surface area (Å²) >= 11 is 0. The molecule has 2 aromatic rings. The maximum atomic E-state index is 11.7. The van der Waals surface area contributed by atoms with Crippen molar-refractivity contribution in [3.8, 4) is 11.5 Å². The minimum Gasteiger partial charge on any atom is -0.493 e. The molecule has 8 nitrogen and oxygen atoms in total. The zero-order valence-corrected chi connectivity index (χ0v) is 15.5. The van der Waals surface area contributed by atoms with Crippen molar-refractivity contribution in [3.05, 3.63) is 47.5 Å². The Hall–Kier alpha value is -3.26. The lowest BCUT2D eigenvalue weighted by atomic mass is 10.1. The molecule has 0 spiro atoms. The van der Waals surface area contributed by atoms with E-state index < -0.39 is 11.9 Å². The second-order valence-electron chi connectivity index (χ2n) is 6.07. The molecule has 8 heteroatoms. The van der Waals surface area contributed by atoms with E-state index >= 15 is 0 Å². The molecule has 27 heavy (non-hydrogen) atoms. The third kappa shape index (κ3) is 5.35. The van der Waals surface area contributed by atoms with Crippen molar-refractivity contribution >= 4 is 23.3 Å². The molecule has 4 N–H and O–H groups in total. The van der Waals surface area contributed by atoms with Gasteiger partial charge in [-0.1, -0.05) is 0 Å². The third-order valence-electron chi connectivity index (χ3n) is 3.77. The standard InChI is InChI=1S/C19H23N3O5/c1-22(2)8-9-27-17-11-13(5-7-16(17)26-3)21-15-10-12(19(24)25)4-6-14(15)18(20)23/h4-7,10-11,21H,8-9H2,1-3H3,(H2,20,23)(H,24,25). The van der Waals surface area contributed by atoms with Crippen molar-refractivity contribution in [1.29, 1.82) is 0 Å². The Morgan fingerprint density at radius 1 is 1.15 bits per heavy atom. The Morgan fingerprint density at radius 3 is 2.48 bits per heavy atom. The van der Waals surface area contributed by atoms with Gasteiger partial charge in [-0.3, -0.25) is 4.79 Å². The number of primary amides is 1. The summed E-state index contributed by atoms with van der Waals surface area (Å²) in [5.41, 5.74) is 6.51. The minimum atomic E-state index is -1.10. The summed E-state index contributed by atoms with van der Waals surface area (Å²) in [6.45, 7) is 1.20. The molecule has 0 heterocycles. The van der Waals surface area contributed by atoms with Gasteiger partial charge in [0.05, 0.1) is 23.9 Å². The first-order chi connectivity index (χ1) is 12.8. The normalized spacial score (nSPS) is 10.5. The van der Waals surface area contributed by atoms with Crippen molar-refractivity contribution in [2.45, 2.75) is 0 Å². The van der Waals surface area contributed by atoms with Crippen LogP contribution in [-0.4, -0.2) is 56.2 Å². The van der Waals surface area contributed by atoms with Gasteiger partial charge < -0.3 is 30.5 Å². The number of amides is 1. The van der Waals surface area contributed by atoms with Crippen LogP contribution in [0.15, 0.2) is 36.4 Å². The molecule has 0 fully saturated rings. The molecule has 0 aromatic heterocycles. The number of ether oxygens (including phenoxy) is 2. The van der Waals surface area contributed by atoms with Gasteiger partial charge in [-0.05, 0) is 44.4 Å². The molecule has 0 aliphatic rings. The minimum absolute atomic E-state index is 0.0402. The number of carboxylic acids is 1. The summed E-state index contributed by atoms with van der Waals surface area (Å²) in [4.78, 5) is 24.9. The van der Waals surface area contributed by atoms with E-state index in [0.29, 0.717) is 29.5 Å². The average molecular weight is 373 g/mol. The van der Waals surface area contributed by atoms with Gasteiger partial charge in [0, 0.05) is 18.3 Å². The summed E-state index contributed by atoms with van der Waals surface area (Å²) < 4.78 is 11.1. The van der Waals surface area contributed by atoms with Crippen molar-refractivity contribution < 1.29 is 24.2 Å². The number of nitrogens with zero attached hydrogens (tertiary/aromatic N) is 1. The number of likely N-dealkylation sites (N-methyl/N-ethyl adjacent to an activating group) is 1. The second-order valence-corrected chi connectivity index (χ2v) is 6.07. The zero-order valence-electron chi connectivity index (χ0n) is 15.5. The Labute approximate surface area is 157 Å². The smallest absolute Gasteiger partial charge is 0.335 e. The first kappa shape index (κ1) is 20.1. The summed E-state index contributed by atoms with van der Waals surface area (Å²) in [7, 11) is 5.43. The lowest BCUT2D eigenvalue weighted by Crippen LogP contribution is -2.19. The average Bonchev–Trinajstić information content (AvgIpc) is 2.61. The Morgan fingerprint density at radius 2 is 1.89 bits per heavy atom. The molecule has 0 atom stereocenters. The molecule has 2 aromatic carbocycles. The fourth-order valence-electron chi connectivity index (χ4n) is 2.36. The van der Waals surface area contributed by atoms with Gasteiger partial charge in [-0.2, -0.15) is 0 Å². The highest BCUT2D eigenvalue weighted by atomic mass is 16.5. The number of methoxy groups -OCH3 is 1. The number of carbonyl (C=O) groups is 2. The molecule has 1 amide bonds. The van der Waals surface area contributed by atoms with E-state index in [1.54, 1.807) is 25.3 Å². The number of carbonyl (C=O) groups excluding carboxylic acids is 1. The van der Waals surface area contributed by atoms with Crippen LogP contribution in [0.1, 0.15) is 20.7 Å². The van der Waals surface area contributed by atoms with Gasteiger partial charge in [0.25, 0.3) is 5.91 Å². The summed E-state index contributed by atoms with van der Waals surface area (Å²) in [5, 5.41) is 12.2. The highest BCUT2D eigenvalue weighted by molar-refractivity contribution is 6.01. The highest BCUT2D eigenvalue weighted by Crippen LogP contribution is 2.32. The number of nitrogens with two attached hydrogens (primary N) is 1. The molecule has 0 aliphatic carbocycles. The molecule has 0 aliphatic heterocycles. The van der Waals surface area contributed by atoms with Crippen molar-refractivity contribution in [1.82, 2.24) is 4.90 Å². The van der Waals surface area contributed by atoms with Crippen LogP contribution in [0.5, 0.6) is 11.5 Å². The Balaban J connectivity index is 2.32. The molecule has 144 valence electrons. The monoisotopic (exact) mass is 373 g/mol. The number of rotatable bonds is 9. The van der Waals surface area contributed by atoms with Crippen LogP contribution in [0.3, 0.4) is 0 Å². The van der Waals surface area contributed by atoms with E-state index in [0.717, 1.165) is 6.54 Å². The summed E-state index contributed by atoms with van der Waals surface area (Å²) in [6, 6.07) is 9.24. The van der Waals surface area contributed by atoms with Gasteiger partial charge in [0.2, 0.25) is 0 Å². The van der Waals surface area contributed by atoms with E-state index in [1.165, 1.54) is 18.2 Å². The van der Waals surface area contributed by atoms with E-state index in [2.05, 4.69) is 5.32 Å². The van der Waals surface area contributed by atoms with Crippen LogP contribution in [0, 0.1) is 0 Å². The second kappa shape index (κ2) is 8.91. The molecular formula is C19H23N3O5. The summed E-state index contributed by atoms with van der Waals surface area (Å²) in [6.07, 6.45) is 0. The molecule has 0 unspecified atom stereocenters. The van der Waals surface area contributed by atoms with E-state index in [4.69, 9.17) is 15.2 Å². The van der Waals surface area contributed by atoms with Crippen LogP contribution >= 0.6 is 0 Å². The molecule has 0 radical (unpaired) electrons. The maximum Gasteiger partial charge on any atom is 0.335 e. The largest absolute Gasteiger partial charge is 0.493 e. The predicted molar refractivity (Wildman–Crippen MR) is 102 cm³/mol. The SMILES string of the molecule is COc1ccc(Nc2cc(C(=O)O)ccc2C(N)=O)cc1OCCN(C)C. The van der Waals surface area contributed by atoms with Crippen LogP contribution in [0.2, 0.25) is 0 Å². The van der Waals surface area contributed by atoms with Gasteiger partial charge in [0.1, 0.15) is 6.61 Å². The number of carboxylic acid groups (broad SMARTS) is 1. The number of nitrogens with one attached hydrogen (secondary N) is 1. The number of hydrogen-bond acceptors (Lipinski definition) is 6. The van der Waals surface area contributed by atoms with Gasteiger partial charge in [0.15, 0.2) is 11.5 Å². The summed E-state index contributed by atoms with van der Waals surface area (Å²) in [5.74, 6) is -0.671. The number of hydrogen-bond donors (Lipinski definition) is 3. The van der Waals surface area contributed by atoms with E-state index in [1.807, 2.05) is 19.0 Å². The zero-order chi connectivity index (χ0) is 20.0.